The van der Waals surface area contributed by atoms with E-state index in [-0.39, 0.29) is 5.56 Å². The lowest BCUT2D eigenvalue weighted by molar-refractivity contribution is 0.168. The maximum absolute atomic E-state index is 12.1. The van der Waals surface area contributed by atoms with Gasteiger partial charge in [-0.1, -0.05) is 5.16 Å². The third-order valence-electron chi connectivity index (χ3n) is 5.37. The summed E-state index contributed by atoms with van der Waals surface area (Å²) >= 11 is 0. The lowest BCUT2D eigenvalue weighted by Crippen LogP contribution is -2.37. The molecule has 6 nitrogen and oxygen atoms in total. The lowest BCUT2D eigenvalue weighted by atomic mass is 9.96. The summed E-state index contributed by atoms with van der Waals surface area (Å²) in [4.78, 5) is 14.6. The van der Waals surface area contributed by atoms with Crippen molar-refractivity contribution in [2.24, 2.45) is 5.92 Å². The predicted octanol–water partition coefficient (Wildman–Crippen LogP) is 2.37. The SMILES string of the molecule is Cc1cc(CCN2CCC(Cn3nc(C4CC4)ccc3=O)CC2)on1. The molecule has 2 aliphatic rings. The molecule has 1 aliphatic carbocycles. The molecule has 1 saturated heterocycles. The van der Waals surface area contributed by atoms with Crippen molar-refractivity contribution in [3.63, 3.8) is 0 Å². The topological polar surface area (TPSA) is 64.2 Å². The van der Waals surface area contributed by atoms with Crippen molar-refractivity contribution in [1.82, 2.24) is 19.8 Å². The van der Waals surface area contributed by atoms with Crippen LogP contribution in [0.4, 0.5) is 0 Å². The van der Waals surface area contributed by atoms with E-state index in [1.54, 1.807) is 10.7 Å². The fraction of sp³-hybridized carbons (Fsp3) is 0.632. The molecule has 0 atom stereocenters. The van der Waals surface area contributed by atoms with E-state index < -0.39 is 0 Å². The molecule has 25 heavy (non-hydrogen) atoms. The highest BCUT2D eigenvalue weighted by molar-refractivity contribution is 5.12. The highest BCUT2D eigenvalue weighted by Gasteiger charge is 2.26. The predicted molar refractivity (Wildman–Crippen MR) is 94.6 cm³/mol. The molecule has 0 amide bonds. The number of aryl methyl sites for hydroxylation is 1. The molecule has 0 aromatic carbocycles. The van der Waals surface area contributed by atoms with Gasteiger partial charge in [-0.3, -0.25) is 4.79 Å². The number of hydrogen-bond donors (Lipinski definition) is 0. The van der Waals surface area contributed by atoms with Crippen LogP contribution in [0.5, 0.6) is 0 Å². The van der Waals surface area contributed by atoms with E-state index >= 15 is 0 Å². The van der Waals surface area contributed by atoms with Crippen molar-refractivity contribution < 1.29 is 4.52 Å². The zero-order chi connectivity index (χ0) is 17.2. The van der Waals surface area contributed by atoms with Gasteiger partial charge < -0.3 is 9.42 Å². The summed E-state index contributed by atoms with van der Waals surface area (Å²) in [5, 5.41) is 8.54. The molecule has 3 heterocycles. The first-order valence-electron chi connectivity index (χ1n) is 9.40. The summed E-state index contributed by atoms with van der Waals surface area (Å²) in [7, 11) is 0. The van der Waals surface area contributed by atoms with E-state index in [0.717, 1.165) is 62.6 Å². The smallest absolute Gasteiger partial charge is 0.266 e. The molecule has 4 rings (SSSR count). The quantitative estimate of drug-likeness (QED) is 0.806. The van der Waals surface area contributed by atoms with Crippen molar-refractivity contribution in [3.8, 4) is 0 Å². The standard InChI is InChI=1S/C19H26N4O2/c1-14-12-17(25-21-14)8-11-22-9-6-15(7-10-22)13-23-19(24)5-4-18(20-23)16-2-3-16/h4-5,12,15-16H,2-3,6-11,13H2,1H3. The Morgan fingerprint density at radius 3 is 2.68 bits per heavy atom. The van der Waals surface area contributed by atoms with Crippen LogP contribution in [0.15, 0.2) is 27.5 Å². The molecular weight excluding hydrogens is 316 g/mol. The maximum Gasteiger partial charge on any atom is 0.266 e. The Balaban J connectivity index is 1.27. The third-order valence-corrected chi connectivity index (χ3v) is 5.37. The summed E-state index contributed by atoms with van der Waals surface area (Å²) in [6.45, 7) is 5.88. The highest BCUT2D eigenvalue weighted by atomic mass is 16.5. The first-order valence-corrected chi connectivity index (χ1v) is 9.40. The minimum Gasteiger partial charge on any atom is -0.361 e. The van der Waals surface area contributed by atoms with Gasteiger partial charge >= 0.3 is 0 Å². The van der Waals surface area contributed by atoms with Crippen LogP contribution in [0.3, 0.4) is 0 Å². The van der Waals surface area contributed by atoms with E-state index in [1.807, 2.05) is 19.1 Å². The second-order valence-electron chi connectivity index (χ2n) is 7.52. The zero-order valence-corrected chi connectivity index (χ0v) is 14.9. The summed E-state index contributed by atoms with van der Waals surface area (Å²) in [5.74, 6) is 2.10. The monoisotopic (exact) mass is 342 g/mol. The Morgan fingerprint density at radius 2 is 2.00 bits per heavy atom. The second-order valence-corrected chi connectivity index (χ2v) is 7.52. The molecule has 134 valence electrons. The zero-order valence-electron chi connectivity index (χ0n) is 14.9. The van der Waals surface area contributed by atoms with E-state index in [9.17, 15) is 4.79 Å². The Labute approximate surface area is 147 Å². The normalized spacial score (nSPS) is 19.4. The number of rotatable bonds is 6. The van der Waals surface area contributed by atoms with Crippen molar-refractivity contribution in [1.29, 1.82) is 0 Å². The first-order chi connectivity index (χ1) is 12.2. The van der Waals surface area contributed by atoms with Gasteiger partial charge in [-0.25, -0.2) is 4.68 Å². The van der Waals surface area contributed by atoms with Gasteiger partial charge in [-0.15, -0.1) is 0 Å². The van der Waals surface area contributed by atoms with Crippen molar-refractivity contribution >= 4 is 0 Å². The van der Waals surface area contributed by atoms with Gasteiger partial charge in [0.25, 0.3) is 5.56 Å². The minimum absolute atomic E-state index is 0.0347. The number of hydrogen-bond acceptors (Lipinski definition) is 5. The van der Waals surface area contributed by atoms with Crippen LogP contribution in [0.2, 0.25) is 0 Å². The van der Waals surface area contributed by atoms with Crippen LogP contribution in [0.1, 0.15) is 48.7 Å². The van der Waals surface area contributed by atoms with Crippen molar-refractivity contribution in [2.75, 3.05) is 19.6 Å². The summed E-state index contributed by atoms with van der Waals surface area (Å²) in [6.07, 6.45) is 5.59. The maximum atomic E-state index is 12.1. The van der Waals surface area contributed by atoms with Crippen LogP contribution < -0.4 is 5.56 Å². The number of likely N-dealkylation sites (tertiary alicyclic amines) is 1. The summed E-state index contributed by atoms with van der Waals surface area (Å²) in [5.41, 5.74) is 2.08. The average Bonchev–Trinajstić information content (AvgIpc) is 3.38. The first kappa shape index (κ1) is 16.5. The van der Waals surface area contributed by atoms with Crippen LogP contribution >= 0.6 is 0 Å². The van der Waals surface area contributed by atoms with E-state index in [1.165, 1.54) is 12.8 Å². The molecule has 1 saturated carbocycles. The number of aromatic nitrogens is 3. The van der Waals surface area contributed by atoms with Crippen molar-refractivity contribution in [3.05, 3.63) is 45.7 Å². The largest absolute Gasteiger partial charge is 0.361 e. The molecule has 2 fully saturated rings. The van der Waals surface area contributed by atoms with Crippen LogP contribution in [0, 0.1) is 12.8 Å². The molecule has 0 bridgehead atoms. The average molecular weight is 342 g/mol. The third kappa shape index (κ3) is 4.18. The number of nitrogens with zero attached hydrogens (tertiary/aromatic N) is 4. The van der Waals surface area contributed by atoms with Gasteiger partial charge in [-0.05, 0) is 57.7 Å². The fourth-order valence-corrected chi connectivity index (χ4v) is 3.63. The Hall–Kier alpha value is -1.95. The van der Waals surface area contributed by atoms with E-state index in [2.05, 4.69) is 15.2 Å². The number of piperidine rings is 1. The molecule has 6 heteroatoms. The second kappa shape index (κ2) is 7.12. The van der Waals surface area contributed by atoms with Gasteiger partial charge in [-0.2, -0.15) is 5.10 Å². The molecule has 0 spiro atoms. The Morgan fingerprint density at radius 1 is 1.20 bits per heavy atom. The van der Waals surface area contributed by atoms with Gasteiger partial charge in [0, 0.05) is 37.6 Å². The fourth-order valence-electron chi connectivity index (χ4n) is 3.63. The van der Waals surface area contributed by atoms with Crippen molar-refractivity contribution in [2.45, 2.75) is 51.5 Å². The lowest BCUT2D eigenvalue weighted by Gasteiger charge is -2.31. The van der Waals surface area contributed by atoms with Crippen LogP contribution in [-0.2, 0) is 13.0 Å². The molecule has 2 aromatic rings. The molecule has 0 N–H and O–H groups in total. The van der Waals surface area contributed by atoms with E-state index in [4.69, 9.17) is 4.52 Å². The summed E-state index contributed by atoms with van der Waals surface area (Å²) in [6, 6.07) is 5.61. The molecule has 2 aromatic heterocycles. The van der Waals surface area contributed by atoms with Crippen LogP contribution in [-0.4, -0.2) is 39.5 Å². The highest BCUT2D eigenvalue weighted by Crippen LogP contribution is 2.38. The van der Waals surface area contributed by atoms with Gasteiger partial charge in [0.1, 0.15) is 5.76 Å². The Bertz CT molecular complexity index is 770. The molecule has 0 radical (unpaired) electrons. The van der Waals surface area contributed by atoms with Gasteiger partial charge in [0.05, 0.1) is 11.4 Å². The van der Waals surface area contributed by atoms with E-state index in [0.29, 0.717) is 11.8 Å². The van der Waals surface area contributed by atoms with Gasteiger partial charge in [0.15, 0.2) is 0 Å². The van der Waals surface area contributed by atoms with Crippen LogP contribution in [0.25, 0.3) is 0 Å². The molecule has 0 unspecified atom stereocenters. The minimum atomic E-state index is 0.0347. The molecule has 1 aliphatic heterocycles. The molecular formula is C19H26N4O2. The summed E-state index contributed by atoms with van der Waals surface area (Å²) < 4.78 is 6.98. The Kier molecular flexibility index (Phi) is 4.70. The van der Waals surface area contributed by atoms with Gasteiger partial charge in [0.2, 0.25) is 0 Å².